The molecule has 0 radical (unpaired) electrons. The fourth-order valence-corrected chi connectivity index (χ4v) is 2.07. The summed E-state index contributed by atoms with van der Waals surface area (Å²) in [5, 5.41) is 14.3. The number of carboxylic acid groups (broad SMARTS) is 1. The zero-order valence-corrected chi connectivity index (χ0v) is 13.1. The van der Waals surface area contributed by atoms with E-state index in [4.69, 9.17) is 5.11 Å². The lowest BCUT2D eigenvalue weighted by molar-refractivity contribution is -0.141. The van der Waals surface area contributed by atoms with Gasteiger partial charge in [-0.3, -0.25) is 0 Å². The van der Waals surface area contributed by atoms with Crippen molar-refractivity contribution in [3.8, 4) is 0 Å². The van der Waals surface area contributed by atoms with Crippen molar-refractivity contribution in [1.29, 1.82) is 0 Å². The summed E-state index contributed by atoms with van der Waals surface area (Å²) in [4.78, 5) is 22.7. The third kappa shape index (κ3) is 8.75. The van der Waals surface area contributed by atoms with Gasteiger partial charge < -0.3 is 15.7 Å². The normalized spacial score (nSPS) is 12.8. The standard InChI is InChI=1S/C13H26N2O3S/c1-13(2,3)10(11(16)17)15-12(18)14-8-6-5-7-9-19-4/h10H,5-9H2,1-4H3,(H,16,17)(H2,14,15,18)/t10-/m0/s1. The fraction of sp³-hybridized carbons (Fsp3) is 0.846. The minimum absolute atomic E-state index is 0.410. The summed E-state index contributed by atoms with van der Waals surface area (Å²) in [6.45, 7) is 5.94. The Bertz CT molecular complexity index is 290. The molecule has 5 nitrogen and oxygen atoms in total. The fourth-order valence-electron chi connectivity index (χ4n) is 1.58. The molecule has 0 bridgehead atoms. The average Bonchev–Trinajstić information content (AvgIpc) is 2.28. The second-order valence-electron chi connectivity index (χ2n) is 5.59. The number of hydrogen-bond acceptors (Lipinski definition) is 3. The van der Waals surface area contributed by atoms with Gasteiger partial charge in [-0.25, -0.2) is 9.59 Å². The molecular formula is C13H26N2O3S. The molecule has 1 atom stereocenters. The van der Waals surface area contributed by atoms with Gasteiger partial charge in [-0.15, -0.1) is 0 Å². The van der Waals surface area contributed by atoms with Crippen LogP contribution in [0.2, 0.25) is 0 Å². The van der Waals surface area contributed by atoms with E-state index in [9.17, 15) is 9.59 Å². The Labute approximate surface area is 119 Å². The maximum atomic E-state index is 11.6. The van der Waals surface area contributed by atoms with E-state index in [-0.39, 0.29) is 0 Å². The molecule has 0 aliphatic rings. The number of unbranched alkanes of at least 4 members (excludes halogenated alkanes) is 2. The second kappa shape index (κ2) is 9.07. The lowest BCUT2D eigenvalue weighted by atomic mass is 9.87. The average molecular weight is 290 g/mol. The van der Waals surface area contributed by atoms with Crippen LogP contribution in [0.3, 0.4) is 0 Å². The summed E-state index contributed by atoms with van der Waals surface area (Å²) in [6.07, 6.45) is 5.21. The van der Waals surface area contributed by atoms with Crippen molar-refractivity contribution in [3.05, 3.63) is 0 Å². The summed E-state index contributed by atoms with van der Waals surface area (Å²) >= 11 is 1.82. The first-order chi connectivity index (χ1) is 8.79. The molecule has 0 rings (SSSR count). The largest absolute Gasteiger partial charge is 0.480 e. The summed E-state index contributed by atoms with van der Waals surface area (Å²) in [5.41, 5.74) is -0.512. The van der Waals surface area contributed by atoms with E-state index in [0.717, 1.165) is 25.0 Å². The predicted molar refractivity (Wildman–Crippen MR) is 79.6 cm³/mol. The number of carbonyl (C=O) groups excluding carboxylic acids is 1. The molecule has 0 saturated heterocycles. The minimum Gasteiger partial charge on any atom is -0.480 e. The molecule has 2 amide bonds. The number of thioether (sulfide) groups is 1. The van der Waals surface area contributed by atoms with Gasteiger partial charge >= 0.3 is 12.0 Å². The first-order valence-corrected chi connectivity index (χ1v) is 7.94. The van der Waals surface area contributed by atoms with Gasteiger partial charge in [-0.2, -0.15) is 11.8 Å². The zero-order valence-electron chi connectivity index (χ0n) is 12.3. The Hall–Kier alpha value is -0.910. The van der Waals surface area contributed by atoms with Gasteiger partial charge in [0.05, 0.1) is 0 Å². The maximum Gasteiger partial charge on any atom is 0.326 e. The Kier molecular flexibility index (Phi) is 8.63. The van der Waals surface area contributed by atoms with Crippen LogP contribution in [0.5, 0.6) is 0 Å². The highest BCUT2D eigenvalue weighted by Crippen LogP contribution is 2.19. The molecule has 0 aromatic rings. The Morgan fingerprint density at radius 3 is 2.32 bits per heavy atom. The Balaban J connectivity index is 3.92. The van der Waals surface area contributed by atoms with E-state index < -0.39 is 23.5 Å². The predicted octanol–water partition coefficient (Wildman–Crippen LogP) is 2.32. The number of amides is 2. The van der Waals surface area contributed by atoms with Crippen LogP contribution >= 0.6 is 11.8 Å². The monoisotopic (exact) mass is 290 g/mol. The molecule has 19 heavy (non-hydrogen) atoms. The number of nitrogens with one attached hydrogen (secondary N) is 2. The van der Waals surface area contributed by atoms with Crippen molar-refractivity contribution in [2.24, 2.45) is 5.41 Å². The lowest BCUT2D eigenvalue weighted by Crippen LogP contribution is -2.52. The Morgan fingerprint density at radius 1 is 1.21 bits per heavy atom. The molecule has 0 aliphatic carbocycles. The molecule has 112 valence electrons. The highest BCUT2D eigenvalue weighted by molar-refractivity contribution is 7.98. The van der Waals surface area contributed by atoms with Crippen LogP contribution in [0.4, 0.5) is 4.79 Å². The molecule has 0 aromatic carbocycles. The van der Waals surface area contributed by atoms with Gasteiger partial charge in [0.25, 0.3) is 0 Å². The van der Waals surface area contributed by atoms with Crippen molar-refractivity contribution in [2.75, 3.05) is 18.6 Å². The highest BCUT2D eigenvalue weighted by Gasteiger charge is 2.32. The van der Waals surface area contributed by atoms with Gasteiger partial charge in [-0.05, 0) is 30.3 Å². The zero-order chi connectivity index (χ0) is 14.9. The highest BCUT2D eigenvalue weighted by atomic mass is 32.2. The lowest BCUT2D eigenvalue weighted by Gasteiger charge is -2.27. The van der Waals surface area contributed by atoms with E-state index >= 15 is 0 Å². The molecule has 3 N–H and O–H groups in total. The first kappa shape index (κ1) is 18.1. The molecule has 6 heteroatoms. The van der Waals surface area contributed by atoms with E-state index in [2.05, 4.69) is 16.9 Å². The molecule has 0 fully saturated rings. The van der Waals surface area contributed by atoms with Crippen LogP contribution in [0.25, 0.3) is 0 Å². The summed E-state index contributed by atoms with van der Waals surface area (Å²) in [7, 11) is 0. The number of aliphatic carboxylic acids is 1. The van der Waals surface area contributed by atoms with Crippen LogP contribution in [-0.2, 0) is 4.79 Å². The van der Waals surface area contributed by atoms with Crippen molar-refractivity contribution in [1.82, 2.24) is 10.6 Å². The van der Waals surface area contributed by atoms with Crippen molar-refractivity contribution >= 4 is 23.8 Å². The molecule has 0 unspecified atom stereocenters. The number of carboxylic acids is 1. The van der Waals surface area contributed by atoms with Gasteiger partial charge in [0, 0.05) is 6.54 Å². The van der Waals surface area contributed by atoms with Gasteiger partial charge in [0.15, 0.2) is 0 Å². The van der Waals surface area contributed by atoms with E-state index in [1.165, 1.54) is 0 Å². The number of carbonyl (C=O) groups is 2. The van der Waals surface area contributed by atoms with Gasteiger partial charge in [0.2, 0.25) is 0 Å². The second-order valence-corrected chi connectivity index (χ2v) is 6.58. The van der Waals surface area contributed by atoms with E-state index in [0.29, 0.717) is 6.54 Å². The van der Waals surface area contributed by atoms with E-state index in [1.807, 2.05) is 11.8 Å². The number of urea groups is 1. The van der Waals surface area contributed by atoms with E-state index in [1.54, 1.807) is 20.8 Å². The van der Waals surface area contributed by atoms with Crippen LogP contribution in [0.1, 0.15) is 40.0 Å². The van der Waals surface area contributed by atoms with Crippen LogP contribution in [0, 0.1) is 5.41 Å². The third-order valence-electron chi connectivity index (χ3n) is 2.70. The summed E-state index contributed by atoms with van der Waals surface area (Å²) in [5.74, 6) is 0.125. The van der Waals surface area contributed by atoms with Crippen LogP contribution < -0.4 is 10.6 Å². The summed E-state index contributed by atoms with van der Waals surface area (Å²) < 4.78 is 0. The van der Waals surface area contributed by atoms with Crippen molar-refractivity contribution in [3.63, 3.8) is 0 Å². The Morgan fingerprint density at radius 2 is 1.84 bits per heavy atom. The first-order valence-electron chi connectivity index (χ1n) is 6.55. The molecule has 0 heterocycles. The quantitative estimate of drug-likeness (QED) is 0.599. The summed E-state index contributed by atoms with van der Waals surface area (Å²) in [6, 6.07) is -1.30. The number of hydrogen-bond donors (Lipinski definition) is 3. The molecule has 0 aliphatic heterocycles. The molecular weight excluding hydrogens is 264 g/mol. The maximum absolute atomic E-state index is 11.6. The van der Waals surface area contributed by atoms with Crippen molar-refractivity contribution < 1.29 is 14.7 Å². The van der Waals surface area contributed by atoms with Crippen molar-refractivity contribution in [2.45, 2.75) is 46.1 Å². The van der Waals surface area contributed by atoms with Gasteiger partial charge in [-0.1, -0.05) is 27.2 Å². The minimum atomic E-state index is -1.01. The molecule has 0 spiro atoms. The van der Waals surface area contributed by atoms with Crippen LogP contribution in [0.15, 0.2) is 0 Å². The number of rotatable bonds is 8. The van der Waals surface area contributed by atoms with Crippen LogP contribution in [-0.4, -0.2) is 41.7 Å². The smallest absolute Gasteiger partial charge is 0.326 e. The molecule has 0 saturated carbocycles. The SMILES string of the molecule is CSCCCCCNC(=O)N[C@@H](C(=O)O)C(C)(C)C. The topological polar surface area (TPSA) is 78.4 Å². The van der Waals surface area contributed by atoms with Gasteiger partial charge in [0.1, 0.15) is 6.04 Å². The molecule has 0 aromatic heterocycles. The third-order valence-corrected chi connectivity index (χ3v) is 3.40.